The van der Waals surface area contributed by atoms with Crippen molar-refractivity contribution < 1.29 is 34.3 Å². The van der Waals surface area contributed by atoms with E-state index in [9.17, 15) is 19.5 Å². The number of nitrogens with zero attached hydrogens (tertiary/aromatic N) is 1. The molecule has 0 aromatic heterocycles. The first kappa shape index (κ1) is 32.9. The Balaban J connectivity index is 0.00000578. The number of ether oxygens (including phenoxy) is 1. The summed E-state index contributed by atoms with van der Waals surface area (Å²) < 4.78 is 5.11. The lowest BCUT2D eigenvalue weighted by Crippen LogP contribution is -2.57. The fraction of sp³-hybridized carbons (Fsp3) is 0.571. The van der Waals surface area contributed by atoms with Gasteiger partial charge in [0.25, 0.3) is 0 Å². The molecule has 2 rings (SSSR count). The molecular formula is C21H35BCl2N4O7. The Morgan fingerprint density at radius 2 is 1.80 bits per heavy atom. The van der Waals surface area contributed by atoms with Gasteiger partial charge in [0.15, 0.2) is 0 Å². The molecule has 1 fully saturated rings. The molecule has 2 amide bonds. The number of carbonyl (C=O) groups is 3. The molecule has 0 saturated carbocycles. The first-order valence-corrected chi connectivity index (χ1v) is 11.0. The van der Waals surface area contributed by atoms with Crippen LogP contribution in [-0.2, 0) is 20.9 Å². The molecule has 1 aromatic carbocycles. The molecule has 0 aliphatic carbocycles. The van der Waals surface area contributed by atoms with E-state index in [1.807, 2.05) is 30.3 Å². The predicted molar refractivity (Wildman–Crippen MR) is 135 cm³/mol. The maximum Gasteiger partial charge on any atom is 0.451 e. The second-order valence-corrected chi connectivity index (χ2v) is 8.40. The van der Waals surface area contributed by atoms with Crippen LogP contribution in [0.4, 0.5) is 4.79 Å². The summed E-state index contributed by atoms with van der Waals surface area (Å²) in [6.45, 7) is 0.589. The maximum absolute atomic E-state index is 12.9. The van der Waals surface area contributed by atoms with Crippen molar-refractivity contribution in [3.05, 3.63) is 35.9 Å². The van der Waals surface area contributed by atoms with Gasteiger partial charge >= 0.3 is 19.2 Å². The molecule has 14 heteroatoms. The first-order chi connectivity index (χ1) is 15.7. The second kappa shape index (κ2) is 16.6. The number of carboxylic acids is 1. The quantitative estimate of drug-likeness (QED) is 0.215. The van der Waals surface area contributed by atoms with Gasteiger partial charge in [0.05, 0.1) is 12.0 Å². The van der Waals surface area contributed by atoms with E-state index in [-0.39, 0.29) is 69.7 Å². The summed E-state index contributed by atoms with van der Waals surface area (Å²) in [5.41, 5.74) is 13.0. The highest BCUT2D eigenvalue weighted by molar-refractivity contribution is 6.40. The highest BCUT2D eigenvalue weighted by Gasteiger charge is 2.36. The minimum atomic E-state index is -1.48. The van der Waals surface area contributed by atoms with Crippen LogP contribution >= 0.6 is 24.8 Å². The third kappa shape index (κ3) is 11.5. The third-order valence-electron chi connectivity index (χ3n) is 5.74. The van der Waals surface area contributed by atoms with Crippen molar-refractivity contribution in [2.75, 3.05) is 19.6 Å². The largest absolute Gasteiger partial charge is 0.481 e. The minimum Gasteiger partial charge on any atom is -0.481 e. The molecular weight excluding hydrogens is 502 g/mol. The molecule has 1 aliphatic heterocycles. The van der Waals surface area contributed by atoms with E-state index in [0.29, 0.717) is 12.8 Å². The van der Waals surface area contributed by atoms with Crippen molar-refractivity contribution in [2.24, 2.45) is 23.3 Å². The van der Waals surface area contributed by atoms with E-state index < -0.39 is 43.1 Å². The molecule has 1 aromatic rings. The summed E-state index contributed by atoms with van der Waals surface area (Å²) in [5, 5.41) is 30.2. The summed E-state index contributed by atoms with van der Waals surface area (Å²) in [6.07, 6.45) is 0.435. The van der Waals surface area contributed by atoms with Gasteiger partial charge in [-0.3, -0.25) is 9.59 Å². The Hall–Kier alpha value is -2.09. The first-order valence-electron chi connectivity index (χ1n) is 11.0. The van der Waals surface area contributed by atoms with Crippen LogP contribution in [-0.4, -0.2) is 76.9 Å². The Morgan fingerprint density at radius 1 is 1.14 bits per heavy atom. The van der Waals surface area contributed by atoms with Crippen LogP contribution < -0.4 is 16.8 Å². The number of piperidine rings is 1. The lowest BCUT2D eigenvalue weighted by atomic mass is 9.77. The average Bonchev–Trinajstić information content (AvgIpc) is 2.80. The van der Waals surface area contributed by atoms with E-state index in [2.05, 4.69) is 5.32 Å². The highest BCUT2D eigenvalue weighted by Crippen LogP contribution is 2.26. The number of amides is 2. The van der Waals surface area contributed by atoms with E-state index >= 15 is 0 Å². The van der Waals surface area contributed by atoms with Crippen molar-refractivity contribution in [1.29, 1.82) is 0 Å². The van der Waals surface area contributed by atoms with E-state index in [4.69, 9.17) is 26.3 Å². The Morgan fingerprint density at radius 3 is 2.40 bits per heavy atom. The Kier molecular flexibility index (Phi) is 15.6. The number of halogens is 2. The molecule has 35 heavy (non-hydrogen) atoms. The molecule has 11 nitrogen and oxygen atoms in total. The van der Waals surface area contributed by atoms with Crippen molar-refractivity contribution >= 4 is 49.9 Å². The predicted octanol–water partition coefficient (Wildman–Crippen LogP) is 0.213. The van der Waals surface area contributed by atoms with Crippen LogP contribution in [0, 0.1) is 11.8 Å². The van der Waals surface area contributed by atoms with Crippen LogP contribution in [0.25, 0.3) is 0 Å². The lowest BCUT2D eigenvalue weighted by molar-refractivity contribution is -0.147. The van der Waals surface area contributed by atoms with Crippen LogP contribution in [0.3, 0.4) is 0 Å². The van der Waals surface area contributed by atoms with Gasteiger partial charge in [0, 0.05) is 25.7 Å². The molecule has 8 N–H and O–H groups in total. The zero-order chi connectivity index (χ0) is 24.4. The zero-order valence-electron chi connectivity index (χ0n) is 19.3. The molecule has 1 heterocycles. The van der Waals surface area contributed by atoms with Gasteiger partial charge in [-0.15, -0.1) is 24.8 Å². The van der Waals surface area contributed by atoms with Crippen LogP contribution in [0.1, 0.15) is 24.8 Å². The highest BCUT2D eigenvalue weighted by atomic mass is 35.5. The maximum atomic E-state index is 12.9. The molecule has 0 spiro atoms. The summed E-state index contributed by atoms with van der Waals surface area (Å²) in [4.78, 5) is 37.6. The molecule has 198 valence electrons. The number of rotatable bonds is 11. The number of carbonyl (C=O) groups excluding carboxylic acids is 2. The molecule has 1 aliphatic rings. The lowest BCUT2D eigenvalue weighted by Gasteiger charge is -2.38. The van der Waals surface area contributed by atoms with Gasteiger partial charge in [0.2, 0.25) is 5.91 Å². The smallest absolute Gasteiger partial charge is 0.451 e. The van der Waals surface area contributed by atoms with Crippen molar-refractivity contribution in [3.8, 4) is 0 Å². The van der Waals surface area contributed by atoms with E-state index in [0.717, 1.165) is 5.56 Å². The van der Waals surface area contributed by atoms with E-state index in [1.165, 1.54) is 4.90 Å². The number of nitrogens with two attached hydrogens (primary N) is 2. The van der Waals surface area contributed by atoms with Crippen LogP contribution in [0.15, 0.2) is 30.3 Å². The normalized spacial score (nSPS) is 18.8. The van der Waals surface area contributed by atoms with Gasteiger partial charge in [0.1, 0.15) is 6.61 Å². The van der Waals surface area contributed by atoms with Crippen LogP contribution in [0.2, 0.25) is 6.32 Å². The van der Waals surface area contributed by atoms with Crippen molar-refractivity contribution in [1.82, 2.24) is 10.2 Å². The van der Waals surface area contributed by atoms with Crippen molar-refractivity contribution in [2.45, 2.75) is 44.3 Å². The number of alkyl carbamates (subject to hydrolysis) is 1. The number of nitrogens with one attached hydrogen (secondary N) is 1. The fourth-order valence-corrected chi connectivity index (χ4v) is 3.85. The number of carboxylic acid groups (broad SMARTS) is 1. The van der Waals surface area contributed by atoms with Gasteiger partial charge in [-0.05, 0) is 30.6 Å². The fourth-order valence-electron chi connectivity index (χ4n) is 3.85. The summed E-state index contributed by atoms with van der Waals surface area (Å²) in [5.74, 6) is -2.42. The summed E-state index contributed by atoms with van der Waals surface area (Å²) in [7, 11) is -1.48. The molecule has 3 unspecified atom stereocenters. The average molecular weight is 537 g/mol. The topological polar surface area (TPSA) is 188 Å². The minimum absolute atomic E-state index is 0. The van der Waals surface area contributed by atoms with Crippen molar-refractivity contribution in [3.63, 3.8) is 0 Å². The number of aliphatic carboxylic acids is 1. The standard InChI is InChI=1S/C21H33BN4O7.2ClH/c23-17(7-9-25-21(30)33-13-14-4-2-1-3-5-14)18(24)19(27)26-11-15(6-8-22(31)32)10-16(12-26)20(28)29;;/h1-5,15-18,31-32H,6-13,23-24H2,(H,25,30)(H,28,29);2*1H/t15?,16?,17-,18?;;/m1../s1. The van der Waals surface area contributed by atoms with Crippen LogP contribution in [0.5, 0.6) is 0 Å². The zero-order valence-corrected chi connectivity index (χ0v) is 21.0. The van der Waals surface area contributed by atoms with Gasteiger partial charge in [-0.1, -0.05) is 36.8 Å². The van der Waals surface area contributed by atoms with Gasteiger partial charge in [-0.2, -0.15) is 0 Å². The molecule has 1 saturated heterocycles. The number of hydrogen-bond donors (Lipinski definition) is 6. The molecule has 0 bridgehead atoms. The molecule has 0 radical (unpaired) electrons. The number of likely N-dealkylation sites (tertiary alicyclic amines) is 1. The number of hydrogen-bond acceptors (Lipinski definition) is 8. The SMILES string of the molecule is Cl.Cl.NC(C(=O)N1CC(CCB(O)O)CC(C(=O)O)C1)[C@H](N)CCNC(=O)OCc1ccccc1. The number of benzene rings is 1. The summed E-state index contributed by atoms with van der Waals surface area (Å²) >= 11 is 0. The Bertz CT molecular complexity index is 794. The second-order valence-electron chi connectivity index (χ2n) is 8.40. The Labute approximate surface area is 217 Å². The van der Waals surface area contributed by atoms with Gasteiger partial charge < -0.3 is 41.6 Å². The monoisotopic (exact) mass is 536 g/mol. The van der Waals surface area contributed by atoms with E-state index in [1.54, 1.807) is 0 Å². The molecule has 4 atom stereocenters. The third-order valence-corrected chi connectivity index (χ3v) is 5.74. The summed E-state index contributed by atoms with van der Waals surface area (Å²) in [6, 6.07) is 7.39. The van der Waals surface area contributed by atoms with Gasteiger partial charge in [-0.25, -0.2) is 4.79 Å².